The van der Waals surface area contributed by atoms with E-state index >= 15 is 0 Å². The van der Waals surface area contributed by atoms with Gasteiger partial charge in [0.2, 0.25) is 11.3 Å². The lowest BCUT2D eigenvalue weighted by atomic mass is 9.93. The molecule has 2 aliphatic heterocycles. The number of pyridine rings is 2. The van der Waals surface area contributed by atoms with Crippen LogP contribution in [0.15, 0.2) is 23.1 Å². The molecule has 0 saturated carbocycles. The second kappa shape index (κ2) is 7.59. The number of primary amides is 1. The average molecular weight is 397 g/mol. The molecule has 2 fully saturated rings. The third-order valence-corrected chi connectivity index (χ3v) is 6.23. The zero-order chi connectivity index (χ0) is 20.7. The number of carbonyl (C=O) groups is 2. The molecule has 0 radical (unpaired) electrons. The molecule has 2 amide bonds. The number of aryl methyl sites for hydroxylation is 2. The van der Waals surface area contributed by atoms with Crippen molar-refractivity contribution >= 4 is 22.8 Å². The van der Waals surface area contributed by atoms with Crippen LogP contribution in [0.25, 0.3) is 11.0 Å². The molecule has 2 saturated heterocycles. The molecule has 0 aromatic carbocycles. The van der Waals surface area contributed by atoms with E-state index in [1.807, 2.05) is 18.4 Å². The number of rotatable bonds is 4. The quantitative estimate of drug-likeness (QED) is 0.820. The highest BCUT2D eigenvalue weighted by atomic mass is 16.2. The number of nitrogens with zero attached hydrogens (tertiary/aromatic N) is 4. The Hall–Kier alpha value is -2.74. The fourth-order valence-electron chi connectivity index (χ4n) is 4.32. The fourth-order valence-corrected chi connectivity index (χ4v) is 4.32. The second-order valence-electron chi connectivity index (χ2n) is 8.06. The SMILES string of the molecule is CCn1cc(C(=O)N2CC(N3CCC(C(N)=O)CC3)C2)c(=O)c2ccc(C)nc21. The van der Waals surface area contributed by atoms with E-state index in [-0.39, 0.29) is 34.8 Å². The van der Waals surface area contributed by atoms with Gasteiger partial charge >= 0.3 is 0 Å². The number of amides is 2. The lowest BCUT2D eigenvalue weighted by molar-refractivity contribution is -0.123. The Kier molecular flexibility index (Phi) is 5.12. The minimum Gasteiger partial charge on any atom is -0.369 e. The van der Waals surface area contributed by atoms with E-state index in [1.165, 1.54) is 0 Å². The maximum absolute atomic E-state index is 13.0. The molecule has 2 aromatic heterocycles. The molecule has 2 aliphatic rings. The van der Waals surface area contributed by atoms with Gasteiger partial charge in [0.15, 0.2) is 0 Å². The van der Waals surface area contributed by atoms with Crippen LogP contribution < -0.4 is 11.2 Å². The molecule has 2 N–H and O–H groups in total. The molecule has 2 aromatic rings. The maximum atomic E-state index is 13.0. The molecule has 8 nitrogen and oxygen atoms in total. The smallest absolute Gasteiger partial charge is 0.259 e. The van der Waals surface area contributed by atoms with Crippen molar-refractivity contribution in [1.82, 2.24) is 19.4 Å². The standard InChI is InChI=1S/C21H27N5O3/c1-3-24-12-17(18(27)16-5-4-13(2)23-20(16)24)21(29)26-10-15(11-26)25-8-6-14(7-9-25)19(22)28/h4-5,12,14-15H,3,6-11H2,1-2H3,(H2,22,28). The topological polar surface area (TPSA) is 102 Å². The number of nitrogens with two attached hydrogens (primary N) is 1. The summed E-state index contributed by atoms with van der Waals surface area (Å²) in [5, 5.41) is 0.480. The van der Waals surface area contributed by atoms with Crippen LogP contribution in [0.2, 0.25) is 0 Å². The molecule has 0 spiro atoms. The molecule has 0 bridgehead atoms. The summed E-state index contributed by atoms with van der Waals surface area (Å²) >= 11 is 0. The summed E-state index contributed by atoms with van der Waals surface area (Å²) in [7, 11) is 0. The van der Waals surface area contributed by atoms with Gasteiger partial charge in [-0.15, -0.1) is 0 Å². The van der Waals surface area contributed by atoms with E-state index in [4.69, 9.17) is 5.73 Å². The normalized spacial score (nSPS) is 18.8. The minimum absolute atomic E-state index is 0.0357. The third-order valence-electron chi connectivity index (χ3n) is 6.23. The average Bonchev–Trinajstić information content (AvgIpc) is 2.67. The van der Waals surface area contributed by atoms with E-state index in [0.29, 0.717) is 30.7 Å². The van der Waals surface area contributed by atoms with Gasteiger partial charge in [-0.25, -0.2) is 4.98 Å². The van der Waals surface area contributed by atoms with E-state index in [2.05, 4.69) is 9.88 Å². The molecule has 0 aliphatic carbocycles. The van der Waals surface area contributed by atoms with Crippen molar-refractivity contribution in [2.45, 2.75) is 39.3 Å². The molecule has 8 heteroatoms. The Balaban J connectivity index is 1.48. The first-order chi connectivity index (χ1) is 13.9. The van der Waals surface area contributed by atoms with Crippen molar-refractivity contribution in [3.05, 3.63) is 39.8 Å². The van der Waals surface area contributed by atoms with Crippen LogP contribution >= 0.6 is 0 Å². The molecular weight excluding hydrogens is 370 g/mol. The maximum Gasteiger partial charge on any atom is 0.259 e. The Morgan fingerprint density at radius 3 is 2.52 bits per heavy atom. The second-order valence-corrected chi connectivity index (χ2v) is 8.06. The van der Waals surface area contributed by atoms with Gasteiger partial charge in [-0.2, -0.15) is 0 Å². The van der Waals surface area contributed by atoms with Gasteiger partial charge in [0.25, 0.3) is 5.91 Å². The van der Waals surface area contributed by atoms with Gasteiger partial charge in [-0.1, -0.05) is 0 Å². The van der Waals surface area contributed by atoms with Crippen LogP contribution in [-0.2, 0) is 11.3 Å². The molecule has 0 atom stereocenters. The summed E-state index contributed by atoms with van der Waals surface area (Å²) in [6.45, 7) is 7.34. The highest BCUT2D eigenvalue weighted by Gasteiger charge is 2.38. The summed E-state index contributed by atoms with van der Waals surface area (Å²) in [6, 6.07) is 3.84. The van der Waals surface area contributed by atoms with E-state index < -0.39 is 0 Å². The van der Waals surface area contributed by atoms with E-state index in [9.17, 15) is 14.4 Å². The van der Waals surface area contributed by atoms with E-state index in [1.54, 1.807) is 23.2 Å². The Bertz CT molecular complexity index is 1020. The summed E-state index contributed by atoms with van der Waals surface area (Å²) < 4.78 is 1.86. The van der Waals surface area contributed by atoms with Crippen LogP contribution in [0.1, 0.15) is 35.8 Å². The first kappa shape index (κ1) is 19.6. The lowest BCUT2D eigenvalue weighted by Gasteiger charge is -2.47. The van der Waals surface area contributed by atoms with E-state index in [0.717, 1.165) is 31.6 Å². The first-order valence-corrected chi connectivity index (χ1v) is 10.2. The Morgan fingerprint density at radius 2 is 1.90 bits per heavy atom. The summed E-state index contributed by atoms with van der Waals surface area (Å²) in [5.41, 5.74) is 6.80. The van der Waals surface area contributed by atoms with Gasteiger partial charge < -0.3 is 15.2 Å². The van der Waals surface area contributed by atoms with Gasteiger partial charge in [0, 0.05) is 43.5 Å². The minimum atomic E-state index is -0.257. The van der Waals surface area contributed by atoms with Crippen molar-refractivity contribution in [3.8, 4) is 0 Å². The fraction of sp³-hybridized carbons (Fsp3) is 0.524. The first-order valence-electron chi connectivity index (χ1n) is 10.2. The van der Waals surface area contributed by atoms with Crippen LogP contribution in [0.4, 0.5) is 0 Å². The van der Waals surface area contributed by atoms with Gasteiger partial charge in [0.05, 0.1) is 5.39 Å². The van der Waals surface area contributed by atoms with Crippen molar-refractivity contribution < 1.29 is 9.59 Å². The van der Waals surface area contributed by atoms with Crippen LogP contribution in [-0.4, -0.2) is 63.4 Å². The van der Waals surface area contributed by atoms with Crippen LogP contribution in [0.3, 0.4) is 0 Å². The highest BCUT2D eigenvalue weighted by molar-refractivity contribution is 5.97. The lowest BCUT2D eigenvalue weighted by Crippen LogP contribution is -2.62. The number of carbonyl (C=O) groups excluding carboxylic acids is 2. The van der Waals surface area contributed by atoms with Crippen molar-refractivity contribution in [2.24, 2.45) is 11.7 Å². The van der Waals surface area contributed by atoms with Crippen LogP contribution in [0, 0.1) is 12.8 Å². The van der Waals surface area contributed by atoms with Crippen molar-refractivity contribution in [2.75, 3.05) is 26.2 Å². The monoisotopic (exact) mass is 397 g/mol. The molecule has 154 valence electrons. The summed E-state index contributed by atoms with van der Waals surface area (Å²) in [5.74, 6) is -0.474. The summed E-state index contributed by atoms with van der Waals surface area (Å²) in [4.78, 5) is 45.8. The molecule has 4 heterocycles. The van der Waals surface area contributed by atoms with Gasteiger partial charge in [-0.3, -0.25) is 19.3 Å². The summed E-state index contributed by atoms with van der Waals surface area (Å²) in [6.07, 6.45) is 3.20. The number of fused-ring (bicyclic) bond motifs is 1. The number of hydrogen-bond acceptors (Lipinski definition) is 5. The van der Waals surface area contributed by atoms with Gasteiger partial charge in [0.1, 0.15) is 11.2 Å². The molecule has 29 heavy (non-hydrogen) atoms. The third kappa shape index (κ3) is 3.53. The zero-order valence-electron chi connectivity index (χ0n) is 16.9. The number of piperidine rings is 1. The number of aromatic nitrogens is 2. The predicted molar refractivity (Wildman–Crippen MR) is 110 cm³/mol. The van der Waals surface area contributed by atoms with Crippen molar-refractivity contribution in [3.63, 3.8) is 0 Å². The number of hydrogen-bond donors (Lipinski definition) is 1. The van der Waals surface area contributed by atoms with Gasteiger partial charge in [-0.05, 0) is 51.9 Å². The van der Waals surface area contributed by atoms with Crippen LogP contribution in [0.5, 0.6) is 0 Å². The largest absolute Gasteiger partial charge is 0.369 e. The molecular formula is C21H27N5O3. The Labute approximate surface area is 169 Å². The Morgan fingerprint density at radius 1 is 1.21 bits per heavy atom. The number of likely N-dealkylation sites (tertiary alicyclic amines) is 2. The molecule has 4 rings (SSSR count). The highest BCUT2D eigenvalue weighted by Crippen LogP contribution is 2.24. The van der Waals surface area contributed by atoms with Crippen molar-refractivity contribution in [1.29, 1.82) is 0 Å². The molecule has 0 unspecified atom stereocenters. The predicted octanol–water partition coefficient (Wildman–Crippen LogP) is 0.747. The zero-order valence-corrected chi connectivity index (χ0v) is 16.9.